The SMILES string of the molecule is CC1CCC(Nc2c(Br)cncc2[N+](=O)[O-])C(C)C1. The van der Waals surface area contributed by atoms with Crippen LogP contribution in [0.4, 0.5) is 11.4 Å². The van der Waals surface area contributed by atoms with Gasteiger partial charge in [0.15, 0.2) is 0 Å². The van der Waals surface area contributed by atoms with Crippen molar-refractivity contribution < 1.29 is 4.92 Å². The lowest BCUT2D eigenvalue weighted by Crippen LogP contribution is -2.33. The smallest absolute Gasteiger partial charge is 0.311 e. The number of nitro groups is 1. The number of anilines is 1. The normalized spacial score (nSPS) is 27.0. The van der Waals surface area contributed by atoms with Crippen LogP contribution in [-0.4, -0.2) is 15.9 Å². The fraction of sp³-hybridized carbons (Fsp3) is 0.615. The Bertz CT molecular complexity index is 481. The highest BCUT2D eigenvalue weighted by atomic mass is 79.9. The summed E-state index contributed by atoms with van der Waals surface area (Å²) in [6.07, 6.45) is 6.26. The molecule has 19 heavy (non-hydrogen) atoms. The molecule has 0 bridgehead atoms. The summed E-state index contributed by atoms with van der Waals surface area (Å²) in [5.74, 6) is 1.26. The van der Waals surface area contributed by atoms with Gasteiger partial charge in [-0.3, -0.25) is 15.1 Å². The summed E-state index contributed by atoms with van der Waals surface area (Å²) in [6, 6.07) is 0.286. The number of aromatic nitrogens is 1. The topological polar surface area (TPSA) is 68.1 Å². The van der Waals surface area contributed by atoms with Crippen LogP contribution < -0.4 is 5.32 Å². The molecule has 1 aromatic rings. The molecule has 0 saturated heterocycles. The summed E-state index contributed by atoms with van der Waals surface area (Å²) in [5.41, 5.74) is 0.576. The lowest BCUT2D eigenvalue weighted by Gasteiger charge is -2.33. The minimum atomic E-state index is -0.393. The van der Waals surface area contributed by atoms with Gasteiger partial charge in [-0.2, -0.15) is 0 Å². The third-order valence-electron chi connectivity index (χ3n) is 3.84. The molecule has 6 heteroatoms. The number of nitrogens with zero attached hydrogens (tertiary/aromatic N) is 2. The Balaban J connectivity index is 2.21. The van der Waals surface area contributed by atoms with Gasteiger partial charge in [0.2, 0.25) is 0 Å². The maximum atomic E-state index is 11.1. The lowest BCUT2D eigenvalue weighted by molar-refractivity contribution is -0.384. The standard InChI is InChI=1S/C13H18BrN3O2/c1-8-3-4-11(9(2)5-8)16-13-10(14)6-15-7-12(13)17(18)19/h6-9,11H,3-5H2,1-2H3,(H,15,16). The molecule has 1 aliphatic rings. The average Bonchev–Trinajstić information content (AvgIpc) is 2.34. The van der Waals surface area contributed by atoms with E-state index in [2.05, 4.69) is 40.1 Å². The average molecular weight is 328 g/mol. The molecule has 3 atom stereocenters. The summed E-state index contributed by atoms with van der Waals surface area (Å²) >= 11 is 3.34. The largest absolute Gasteiger partial charge is 0.375 e. The minimum absolute atomic E-state index is 0.0280. The van der Waals surface area contributed by atoms with Crippen molar-refractivity contribution in [1.29, 1.82) is 0 Å². The second kappa shape index (κ2) is 5.86. The molecule has 0 aromatic carbocycles. The van der Waals surface area contributed by atoms with Crippen molar-refractivity contribution in [2.45, 2.75) is 39.2 Å². The predicted octanol–water partition coefficient (Wildman–Crippen LogP) is 3.99. The van der Waals surface area contributed by atoms with Gasteiger partial charge in [-0.05, 0) is 47.0 Å². The maximum absolute atomic E-state index is 11.1. The Morgan fingerprint density at radius 1 is 1.42 bits per heavy atom. The zero-order valence-corrected chi connectivity index (χ0v) is 12.7. The molecule has 5 nitrogen and oxygen atoms in total. The number of hydrogen-bond acceptors (Lipinski definition) is 4. The summed E-state index contributed by atoms with van der Waals surface area (Å²) in [5, 5.41) is 14.4. The quantitative estimate of drug-likeness (QED) is 0.673. The van der Waals surface area contributed by atoms with Gasteiger partial charge in [0, 0.05) is 12.2 Å². The van der Waals surface area contributed by atoms with Crippen LogP contribution in [0.5, 0.6) is 0 Å². The number of halogens is 1. The van der Waals surface area contributed by atoms with Crippen molar-refractivity contribution >= 4 is 27.3 Å². The van der Waals surface area contributed by atoms with Crippen LogP contribution >= 0.6 is 15.9 Å². The maximum Gasteiger partial charge on any atom is 0.311 e. The van der Waals surface area contributed by atoms with E-state index in [-0.39, 0.29) is 11.7 Å². The lowest BCUT2D eigenvalue weighted by atomic mass is 9.80. The zero-order valence-electron chi connectivity index (χ0n) is 11.1. The third kappa shape index (κ3) is 3.23. The van der Waals surface area contributed by atoms with Gasteiger partial charge in [-0.15, -0.1) is 0 Å². The van der Waals surface area contributed by atoms with Crippen molar-refractivity contribution in [3.8, 4) is 0 Å². The molecule has 0 amide bonds. The van der Waals surface area contributed by atoms with Crippen LogP contribution in [0, 0.1) is 22.0 Å². The van der Waals surface area contributed by atoms with Crippen molar-refractivity contribution in [3.05, 3.63) is 27.0 Å². The molecule has 0 radical (unpaired) electrons. The third-order valence-corrected chi connectivity index (χ3v) is 4.44. The minimum Gasteiger partial charge on any atom is -0.375 e. The van der Waals surface area contributed by atoms with Crippen molar-refractivity contribution in [2.75, 3.05) is 5.32 Å². The van der Waals surface area contributed by atoms with E-state index in [1.54, 1.807) is 6.20 Å². The van der Waals surface area contributed by atoms with E-state index < -0.39 is 4.92 Å². The van der Waals surface area contributed by atoms with Crippen molar-refractivity contribution in [3.63, 3.8) is 0 Å². The van der Waals surface area contributed by atoms with E-state index in [4.69, 9.17) is 0 Å². The van der Waals surface area contributed by atoms with Crippen LogP contribution in [0.3, 0.4) is 0 Å². The zero-order chi connectivity index (χ0) is 14.0. The number of hydrogen-bond donors (Lipinski definition) is 1. The van der Waals surface area contributed by atoms with E-state index in [1.165, 1.54) is 12.6 Å². The molecular formula is C13H18BrN3O2. The monoisotopic (exact) mass is 327 g/mol. The van der Waals surface area contributed by atoms with Crippen LogP contribution in [0.25, 0.3) is 0 Å². The summed E-state index contributed by atoms with van der Waals surface area (Å²) in [6.45, 7) is 4.46. The first kappa shape index (κ1) is 14.2. The van der Waals surface area contributed by atoms with Crippen LogP contribution in [0.15, 0.2) is 16.9 Å². The molecule has 1 aliphatic carbocycles. The Labute approximate surface area is 121 Å². The molecule has 1 N–H and O–H groups in total. The Morgan fingerprint density at radius 2 is 2.16 bits per heavy atom. The Hall–Kier alpha value is -1.17. The fourth-order valence-corrected chi connectivity index (χ4v) is 3.21. The van der Waals surface area contributed by atoms with E-state index >= 15 is 0 Å². The highest BCUT2D eigenvalue weighted by molar-refractivity contribution is 9.10. The second-order valence-electron chi connectivity index (χ2n) is 5.42. The first-order valence-electron chi connectivity index (χ1n) is 6.53. The first-order valence-corrected chi connectivity index (χ1v) is 7.32. The summed E-state index contributed by atoms with van der Waals surface area (Å²) < 4.78 is 0.646. The highest BCUT2D eigenvalue weighted by Gasteiger charge is 2.28. The summed E-state index contributed by atoms with van der Waals surface area (Å²) in [4.78, 5) is 14.5. The van der Waals surface area contributed by atoms with Crippen molar-refractivity contribution in [2.24, 2.45) is 11.8 Å². The molecule has 2 rings (SSSR count). The van der Waals surface area contributed by atoms with E-state index in [0.29, 0.717) is 16.1 Å². The molecule has 1 saturated carbocycles. The molecule has 1 heterocycles. The first-order chi connectivity index (χ1) is 8.99. The number of nitrogens with one attached hydrogen (secondary N) is 1. The van der Waals surface area contributed by atoms with Gasteiger partial charge in [0.05, 0.1) is 9.40 Å². The summed E-state index contributed by atoms with van der Waals surface area (Å²) in [7, 11) is 0. The fourth-order valence-electron chi connectivity index (χ4n) is 2.77. The second-order valence-corrected chi connectivity index (χ2v) is 6.27. The van der Waals surface area contributed by atoms with E-state index in [9.17, 15) is 10.1 Å². The van der Waals surface area contributed by atoms with Gasteiger partial charge in [0.25, 0.3) is 0 Å². The van der Waals surface area contributed by atoms with Gasteiger partial charge >= 0.3 is 5.69 Å². The van der Waals surface area contributed by atoms with Crippen LogP contribution in [0.2, 0.25) is 0 Å². The van der Waals surface area contributed by atoms with E-state index in [1.807, 2.05) is 0 Å². The van der Waals surface area contributed by atoms with Gasteiger partial charge in [-0.1, -0.05) is 13.8 Å². The van der Waals surface area contributed by atoms with Gasteiger partial charge < -0.3 is 5.32 Å². The molecule has 1 fully saturated rings. The highest BCUT2D eigenvalue weighted by Crippen LogP contribution is 2.36. The Kier molecular flexibility index (Phi) is 4.39. The molecule has 104 valence electrons. The van der Waals surface area contributed by atoms with Crippen LogP contribution in [-0.2, 0) is 0 Å². The van der Waals surface area contributed by atoms with Gasteiger partial charge in [0.1, 0.15) is 11.9 Å². The molecule has 0 spiro atoms. The molecule has 3 unspecified atom stereocenters. The van der Waals surface area contributed by atoms with Gasteiger partial charge in [-0.25, -0.2) is 0 Å². The molecule has 0 aliphatic heterocycles. The molecular weight excluding hydrogens is 310 g/mol. The molecule has 1 aromatic heterocycles. The number of pyridine rings is 1. The Morgan fingerprint density at radius 3 is 2.79 bits per heavy atom. The van der Waals surface area contributed by atoms with Crippen molar-refractivity contribution in [1.82, 2.24) is 4.98 Å². The predicted molar refractivity (Wildman–Crippen MR) is 78.2 cm³/mol. The van der Waals surface area contributed by atoms with E-state index in [0.717, 1.165) is 18.8 Å². The van der Waals surface area contributed by atoms with Crippen LogP contribution in [0.1, 0.15) is 33.1 Å². The number of rotatable bonds is 3.